The molecule has 0 bridgehead atoms. The van der Waals surface area contributed by atoms with E-state index >= 15 is 0 Å². The molecule has 1 amide bonds. The van der Waals surface area contributed by atoms with Crippen molar-refractivity contribution in [1.82, 2.24) is 4.98 Å². The number of benzene rings is 1. The Morgan fingerprint density at radius 3 is 2.64 bits per heavy atom. The van der Waals surface area contributed by atoms with Gasteiger partial charge in [-0.1, -0.05) is 37.6 Å². The number of halogens is 1. The Kier molecular flexibility index (Phi) is 6.87. The van der Waals surface area contributed by atoms with Gasteiger partial charge in [0.1, 0.15) is 5.82 Å². The maximum Gasteiger partial charge on any atom is 0.222 e. The SMILES string of the molecule is CC.CC(=O)Nc1cc(-c2cc3c(s2)CCCC3c2ccc(Cl)cc2)ccn1. The third-order valence-electron chi connectivity index (χ3n) is 4.73. The second-order valence-electron chi connectivity index (χ2n) is 6.60. The zero-order valence-corrected chi connectivity index (χ0v) is 18.0. The van der Waals surface area contributed by atoms with Crippen LogP contribution in [0.1, 0.15) is 55.5 Å². The molecule has 1 aromatic carbocycles. The van der Waals surface area contributed by atoms with Crippen LogP contribution in [0.4, 0.5) is 5.82 Å². The molecule has 0 saturated heterocycles. The standard InChI is InChI=1S/C21H19ClN2OS.C2H6/c1-13(25)24-21-11-15(9-10-23-21)20-12-18-17(3-2-4-19(18)26-20)14-5-7-16(22)8-6-14;1-2/h5-12,17H,2-4H2,1H3,(H,23,24,25);1-2H3. The summed E-state index contributed by atoms with van der Waals surface area (Å²) in [6, 6.07) is 14.5. The Hall–Kier alpha value is -2.17. The van der Waals surface area contributed by atoms with E-state index in [1.165, 1.54) is 34.2 Å². The van der Waals surface area contributed by atoms with Crippen LogP contribution in [-0.2, 0) is 11.2 Å². The number of nitrogens with zero attached hydrogens (tertiary/aromatic N) is 1. The fourth-order valence-corrected chi connectivity index (χ4v) is 4.96. The molecule has 3 nitrogen and oxygen atoms in total. The van der Waals surface area contributed by atoms with Crippen LogP contribution in [0.15, 0.2) is 48.7 Å². The van der Waals surface area contributed by atoms with E-state index in [4.69, 9.17) is 11.6 Å². The maximum absolute atomic E-state index is 11.3. The number of nitrogens with one attached hydrogen (secondary N) is 1. The Morgan fingerprint density at radius 1 is 1.18 bits per heavy atom. The van der Waals surface area contributed by atoms with Gasteiger partial charge in [0.15, 0.2) is 0 Å². The molecule has 1 aliphatic carbocycles. The molecule has 2 heterocycles. The normalized spacial score (nSPS) is 15.2. The molecular weight excluding hydrogens is 388 g/mol. The van der Waals surface area contributed by atoms with Gasteiger partial charge in [-0.15, -0.1) is 11.3 Å². The Labute approximate surface area is 175 Å². The highest BCUT2D eigenvalue weighted by Crippen LogP contribution is 2.44. The molecule has 3 aromatic rings. The number of hydrogen-bond donors (Lipinski definition) is 1. The number of hydrogen-bond acceptors (Lipinski definition) is 3. The van der Waals surface area contributed by atoms with Crippen LogP contribution in [0.25, 0.3) is 10.4 Å². The van der Waals surface area contributed by atoms with E-state index in [0.717, 1.165) is 23.4 Å². The minimum atomic E-state index is -0.108. The monoisotopic (exact) mass is 412 g/mol. The van der Waals surface area contributed by atoms with Gasteiger partial charge < -0.3 is 5.32 Å². The van der Waals surface area contributed by atoms with E-state index < -0.39 is 0 Å². The summed E-state index contributed by atoms with van der Waals surface area (Å²) >= 11 is 7.90. The van der Waals surface area contributed by atoms with Crippen molar-refractivity contribution in [3.63, 3.8) is 0 Å². The molecule has 0 aliphatic heterocycles. The molecule has 5 heteroatoms. The van der Waals surface area contributed by atoms with Crippen molar-refractivity contribution in [3.05, 3.63) is 69.7 Å². The fraction of sp³-hybridized carbons (Fsp3) is 0.304. The zero-order chi connectivity index (χ0) is 20.1. The van der Waals surface area contributed by atoms with Gasteiger partial charge in [-0.25, -0.2) is 4.98 Å². The molecule has 0 saturated carbocycles. The summed E-state index contributed by atoms with van der Waals surface area (Å²) in [7, 11) is 0. The second kappa shape index (κ2) is 9.35. The predicted octanol–water partition coefficient (Wildman–Crippen LogP) is 6.92. The largest absolute Gasteiger partial charge is 0.311 e. The molecule has 1 N–H and O–H groups in total. The first-order chi connectivity index (χ1) is 13.6. The average Bonchev–Trinajstić information content (AvgIpc) is 3.14. The summed E-state index contributed by atoms with van der Waals surface area (Å²) in [6.45, 7) is 5.49. The summed E-state index contributed by atoms with van der Waals surface area (Å²) in [5.74, 6) is 0.913. The van der Waals surface area contributed by atoms with Crippen molar-refractivity contribution in [3.8, 4) is 10.4 Å². The summed E-state index contributed by atoms with van der Waals surface area (Å²) < 4.78 is 0. The number of rotatable bonds is 3. The topological polar surface area (TPSA) is 42.0 Å². The third-order valence-corrected chi connectivity index (χ3v) is 6.25. The molecule has 0 radical (unpaired) electrons. The highest BCUT2D eigenvalue weighted by atomic mass is 35.5. The van der Waals surface area contributed by atoms with Crippen molar-refractivity contribution in [2.45, 2.75) is 46.0 Å². The quantitative estimate of drug-likeness (QED) is 0.507. The number of amides is 1. The second-order valence-corrected chi connectivity index (χ2v) is 8.17. The summed E-state index contributed by atoms with van der Waals surface area (Å²) in [5.41, 5.74) is 3.85. The van der Waals surface area contributed by atoms with Crippen LogP contribution >= 0.6 is 22.9 Å². The first-order valence-corrected chi connectivity index (χ1v) is 10.9. The maximum atomic E-state index is 11.3. The molecule has 1 unspecified atom stereocenters. The van der Waals surface area contributed by atoms with Crippen molar-refractivity contribution < 1.29 is 4.79 Å². The molecule has 0 spiro atoms. The molecule has 4 rings (SSSR count). The van der Waals surface area contributed by atoms with E-state index in [1.807, 2.05) is 49.4 Å². The summed E-state index contributed by atoms with van der Waals surface area (Å²) in [5, 5.41) is 3.53. The molecule has 2 aromatic heterocycles. The first-order valence-electron chi connectivity index (χ1n) is 9.72. The number of pyridine rings is 1. The van der Waals surface area contributed by atoms with Gasteiger partial charge in [0.2, 0.25) is 5.91 Å². The zero-order valence-electron chi connectivity index (χ0n) is 16.5. The van der Waals surface area contributed by atoms with Gasteiger partial charge in [0.05, 0.1) is 0 Å². The van der Waals surface area contributed by atoms with Crippen molar-refractivity contribution in [2.75, 3.05) is 5.32 Å². The lowest BCUT2D eigenvalue weighted by atomic mass is 9.82. The van der Waals surface area contributed by atoms with Crippen molar-refractivity contribution >= 4 is 34.7 Å². The highest BCUT2D eigenvalue weighted by molar-refractivity contribution is 7.15. The van der Waals surface area contributed by atoms with Crippen LogP contribution in [0, 0.1) is 0 Å². The third kappa shape index (κ3) is 4.62. The highest BCUT2D eigenvalue weighted by Gasteiger charge is 2.24. The van der Waals surface area contributed by atoms with Crippen LogP contribution in [0.3, 0.4) is 0 Å². The lowest BCUT2D eigenvalue weighted by molar-refractivity contribution is -0.114. The van der Waals surface area contributed by atoms with Crippen LogP contribution in [0.2, 0.25) is 5.02 Å². The molecule has 28 heavy (non-hydrogen) atoms. The number of carbonyl (C=O) groups excluding carboxylic acids is 1. The van der Waals surface area contributed by atoms with E-state index in [1.54, 1.807) is 6.20 Å². The number of aromatic nitrogens is 1. The Balaban J connectivity index is 0.00000109. The van der Waals surface area contributed by atoms with Crippen LogP contribution in [-0.4, -0.2) is 10.9 Å². The fourth-order valence-electron chi connectivity index (χ4n) is 3.57. The number of aryl methyl sites for hydroxylation is 1. The van der Waals surface area contributed by atoms with Gasteiger partial charge in [-0.3, -0.25) is 4.79 Å². The lowest BCUT2D eigenvalue weighted by Gasteiger charge is -2.22. The smallest absolute Gasteiger partial charge is 0.222 e. The number of thiophene rings is 1. The van der Waals surface area contributed by atoms with Gasteiger partial charge in [0.25, 0.3) is 0 Å². The molecule has 1 atom stereocenters. The number of carbonyl (C=O) groups is 1. The lowest BCUT2D eigenvalue weighted by Crippen LogP contribution is -2.08. The number of fused-ring (bicyclic) bond motifs is 1. The van der Waals surface area contributed by atoms with E-state index in [-0.39, 0.29) is 5.91 Å². The molecular formula is C23H25ClN2OS. The number of anilines is 1. The summed E-state index contributed by atoms with van der Waals surface area (Å²) in [4.78, 5) is 18.2. The van der Waals surface area contributed by atoms with Crippen LogP contribution in [0.5, 0.6) is 0 Å². The molecule has 146 valence electrons. The first kappa shape index (κ1) is 20.6. The van der Waals surface area contributed by atoms with Gasteiger partial charge in [-0.05, 0) is 66.3 Å². The van der Waals surface area contributed by atoms with Crippen LogP contribution < -0.4 is 5.32 Å². The predicted molar refractivity (Wildman–Crippen MR) is 119 cm³/mol. The molecule has 1 aliphatic rings. The van der Waals surface area contributed by atoms with Gasteiger partial charge >= 0.3 is 0 Å². The minimum absolute atomic E-state index is 0.108. The van der Waals surface area contributed by atoms with Gasteiger partial charge in [0, 0.05) is 33.8 Å². The van der Waals surface area contributed by atoms with E-state index in [2.05, 4.69) is 28.5 Å². The average molecular weight is 413 g/mol. The Morgan fingerprint density at radius 2 is 1.93 bits per heavy atom. The Bertz CT molecular complexity index is 949. The van der Waals surface area contributed by atoms with Crippen molar-refractivity contribution in [2.24, 2.45) is 0 Å². The van der Waals surface area contributed by atoms with Crippen molar-refractivity contribution in [1.29, 1.82) is 0 Å². The van der Waals surface area contributed by atoms with E-state index in [9.17, 15) is 4.79 Å². The minimum Gasteiger partial charge on any atom is -0.311 e. The van der Waals surface area contributed by atoms with E-state index in [0.29, 0.717) is 11.7 Å². The van der Waals surface area contributed by atoms with Gasteiger partial charge in [-0.2, -0.15) is 0 Å². The molecule has 0 fully saturated rings. The summed E-state index contributed by atoms with van der Waals surface area (Å²) in [6.07, 6.45) is 5.25.